The Labute approximate surface area is 169 Å². The Balaban J connectivity index is 1.43. The standard InChI is InChI=1S/C19H24ClFN2O4S/c1-19-8-13(19)9-23(11-19)28(25,26)22-18(24)14-6-15(20)17(7-16(14)21)27-10-12-4-2-3-5-12/h6-7,12-13H,2-5,8-11H2,1H3,(H,22,24)/t13-,19+/m1/s1. The van der Waals surface area contributed by atoms with Crippen molar-refractivity contribution in [3.8, 4) is 5.75 Å². The summed E-state index contributed by atoms with van der Waals surface area (Å²) in [4.78, 5) is 12.4. The molecular weight excluding hydrogens is 407 g/mol. The van der Waals surface area contributed by atoms with Crippen LogP contribution in [0.25, 0.3) is 0 Å². The Morgan fingerprint density at radius 1 is 1.39 bits per heavy atom. The van der Waals surface area contributed by atoms with Crippen LogP contribution in [0.3, 0.4) is 0 Å². The van der Waals surface area contributed by atoms with Crippen molar-refractivity contribution in [1.29, 1.82) is 0 Å². The maximum atomic E-state index is 14.5. The molecule has 1 amide bonds. The molecule has 3 fully saturated rings. The zero-order chi connectivity index (χ0) is 20.1. The van der Waals surface area contributed by atoms with Crippen molar-refractivity contribution in [3.05, 3.63) is 28.5 Å². The summed E-state index contributed by atoms with van der Waals surface area (Å²) in [5.41, 5.74) is -0.414. The molecule has 28 heavy (non-hydrogen) atoms. The number of hydrogen-bond donors (Lipinski definition) is 1. The fourth-order valence-electron chi connectivity index (χ4n) is 4.31. The number of carbonyl (C=O) groups is 1. The number of hydrogen-bond acceptors (Lipinski definition) is 4. The summed E-state index contributed by atoms with van der Waals surface area (Å²) in [7, 11) is -4.02. The van der Waals surface area contributed by atoms with Crippen LogP contribution in [0.2, 0.25) is 5.02 Å². The van der Waals surface area contributed by atoms with Crippen molar-refractivity contribution in [2.45, 2.75) is 39.0 Å². The molecule has 0 bridgehead atoms. The first-order valence-electron chi connectivity index (χ1n) is 9.62. The van der Waals surface area contributed by atoms with Crippen molar-refractivity contribution in [1.82, 2.24) is 9.03 Å². The first-order chi connectivity index (χ1) is 13.2. The van der Waals surface area contributed by atoms with Crippen LogP contribution in [-0.4, -0.2) is 38.3 Å². The van der Waals surface area contributed by atoms with Crippen LogP contribution in [0, 0.1) is 23.1 Å². The second-order valence-electron chi connectivity index (χ2n) is 8.51. The van der Waals surface area contributed by atoms with Gasteiger partial charge in [-0.1, -0.05) is 31.4 Å². The van der Waals surface area contributed by atoms with Gasteiger partial charge in [-0.3, -0.25) is 4.79 Å². The summed E-state index contributed by atoms with van der Waals surface area (Å²) >= 11 is 6.14. The summed E-state index contributed by atoms with van der Waals surface area (Å²) in [6.07, 6.45) is 5.49. The van der Waals surface area contributed by atoms with Gasteiger partial charge in [0.25, 0.3) is 5.91 Å². The van der Waals surface area contributed by atoms with Crippen LogP contribution in [0.4, 0.5) is 4.39 Å². The van der Waals surface area contributed by atoms with E-state index in [4.69, 9.17) is 16.3 Å². The zero-order valence-electron chi connectivity index (χ0n) is 15.7. The van der Waals surface area contributed by atoms with E-state index in [9.17, 15) is 17.6 Å². The second-order valence-corrected chi connectivity index (χ2v) is 10.6. The fourth-order valence-corrected chi connectivity index (χ4v) is 5.85. The smallest absolute Gasteiger partial charge is 0.304 e. The number of ether oxygens (including phenoxy) is 1. The van der Waals surface area contributed by atoms with E-state index < -0.39 is 27.5 Å². The highest BCUT2D eigenvalue weighted by molar-refractivity contribution is 7.87. The van der Waals surface area contributed by atoms with Crippen LogP contribution in [0.1, 0.15) is 49.4 Å². The van der Waals surface area contributed by atoms with Crippen molar-refractivity contribution in [2.24, 2.45) is 17.3 Å². The average molecular weight is 431 g/mol. The van der Waals surface area contributed by atoms with Gasteiger partial charge in [-0.05, 0) is 42.6 Å². The first-order valence-corrected chi connectivity index (χ1v) is 11.4. The largest absolute Gasteiger partial charge is 0.492 e. The van der Waals surface area contributed by atoms with Gasteiger partial charge in [-0.2, -0.15) is 12.7 Å². The van der Waals surface area contributed by atoms with Gasteiger partial charge in [0.2, 0.25) is 0 Å². The van der Waals surface area contributed by atoms with Gasteiger partial charge in [0, 0.05) is 19.2 Å². The molecule has 0 aromatic heterocycles. The molecular formula is C19H24ClFN2O4S. The van der Waals surface area contributed by atoms with Gasteiger partial charge in [0.15, 0.2) is 0 Å². The number of halogens is 2. The molecule has 1 heterocycles. The van der Waals surface area contributed by atoms with Crippen molar-refractivity contribution in [3.63, 3.8) is 0 Å². The quantitative estimate of drug-likeness (QED) is 0.750. The highest BCUT2D eigenvalue weighted by Gasteiger charge is 2.58. The predicted molar refractivity (Wildman–Crippen MR) is 103 cm³/mol. The lowest BCUT2D eigenvalue weighted by Crippen LogP contribution is -2.43. The molecule has 9 heteroatoms. The molecule has 2 aliphatic carbocycles. The summed E-state index contributed by atoms with van der Waals surface area (Å²) in [5.74, 6) is -0.970. The van der Waals surface area contributed by atoms with E-state index in [2.05, 4.69) is 0 Å². The molecule has 154 valence electrons. The van der Waals surface area contributed by atoms with Gasteiger partial charge < -0.3 is 4.74 Å². The Bertz CT molecular complexity index is 903. The number of benzene rings is 1. The summed E-state index contributed by atoms with van der Waals surface area (Å²) in [5, 5.41) is 0.0804. The number of nitrogens with one attached hydrogen (secondary N) is 1. The molecule has 1 aliphatic heterocycles. The maximum absolute atomic E-state index is 14.5. The SMILES string of the molecule is C[C@@]12C[C@@H]1CN(S(=O)(=O)NC(=O)c1cc(Cl)c(OCC3CCCC3)cc1F)C2. The third-order valence-corrected chi connectivity index (χ3v) is 7.97. The third-order valence-electron chi connectivity index (χ3n) is 6.28. The highest BCUT2D eigenvalue weighted by Crippen LogP contribution is 2.57. The fraction of sp³-hybridized carbons (Fsp3) is 0.632. The van der Waals surface area contributed by atoms with E-state index >= 15 is 0 Å². The Morgan fingerprint density at radius 3 is 2.75 bits per heavy atom. The van der Waals surface area contributed by atoms with E-state index in [0.29, 0.717) is 31.5 Å². The van der Waals surface area contributed by atoms with Crippen LogP contribution >= 0.6 is 11.6 Å². The van der Waals surface area contributed by atoms with Crippen LogP contribution in [-0.2, 0) is 10.2 Å². The van der Waals surface area contributed by atoms with Crippen LogP contribution < -0.4 is 9.46 Å². The Hall–Kier alpha value is -1.38. The van der Waals surface area contributed by atoms with Gasteiger partial charge in [-0.15, -0.1) is 0 Å². The topological polar surface area (TPSA) is 75.7 Å². The molecule has 1 aromatic rings. The molecule has 2 saturated carbocycles. The maximum Gasteiger partial charge on any atom is 0.304 e. The third kappa shape index (κ3) is 3.86. The van der Waals surface area contributed by atoms with Crippen molar-refractivity contribution < 1.29 is 22.3 Å². The highest BCUT2D eigenvalue weighted by atomic mass is 35.5. The normalized spacial score (nSPS) is 27.6. The van der Waals surface area contributed by atoms with Crippen molar-refractivity contribution >= 4 is 27.7 Å². The lowest BCUT2D eigenvalue weighted by atomic mass is 10.1. The summed E-state index contributed by atoms with van der Waals surface area (Å²) < 4.78 is 48.2. The molecule has 0 spiro atoms. The molecule has 1 saturated heterocycles. The number of fused-ring (bicyclic) bond motifs is 1. The molecule has 3 aliphatic rings. The first kappa shape index (κ1) is 19.9. The second kappa shape index (κ2) is 7.15. The lowest BCUT2D eigenvalue weighted by Gasteiger charge is -2.20. The number of amides is 1. The Morgan fingerprint density at radius 2 is 2.11 bits per heavy atom. The number of piperidine rings is 1. The lowest BCUT2D eigenvalue weighted by molar-refractivity contribution is 0.0975. The number of rotatable bonds is 6. The van der Waals surface area contributed by atoms with Gasteiger partial charge in [0.1, 0.15) is 11.6 Å². The van der Waals surface area contributed by atoms with E-state index in [1.165, 1.54) is 17.1 Å². The molecule has 1 N–H and O–H groups in total. The Kier molecular flexibility index (Phi) is 5.08. The van der Waals surface area contributed by atoms with Crippen molar-refractivity contribution in [2.75, 3.05) is 19.7 Å². The van der Waals surface area contributed by atoms with Crippen LogP contribution in [0.5, 0.6) is 5.75 Å². The minimum Gasteiger partial charge on any atom is -0.492 e. The minimum absolute atomic E-state index is 0.00462. The van der Waals surface area contributed by atoms with Gasteiger partial charge in [-0.25, -0.2) is 9.11 Å². The predicted octanol–water partition coefficient (Wildman–Crippen LogP) is 3.36. The summed E-state index contributed by atoms with van der Waals surface area (Å²) in [6.45, 7) is 3.24. The molecule has 6 nitrogen and oxygen atoms in total. The van der Waals surface area contributed by atoms with Crippen LogP contribution in [0.15, 0.2) is 12.1 Å². The van der Waals surface area contributed by atoms with E-state index in [1.54, 1.807) is 0 Å². The number of nitrogens with zero attached hydrogens (tertiary/aromatic N) is 1. The molecule has 1 aromatic carbocycles. The molecule has 4 rings (SSSR count). The van der Waals surface area contributed by atoms with E-state index in [0.717, 1.165) is 31.4 Å². The average Bonchev–Trinajstić information content (AvgIpc) is 3.00. The van der Waals surface area contributed by atoms with Gasteiger partial charge in [0.05, 0.1) is 17.2 Å². The monoisotopic (exact) mass is 430 g/mol. The van der Waals surface area contributed by atoms with E-state index in [-0.39, 0.29) is 16.2 Å². The molecule has 2 atom stereocenters. The minimum atomic E-state index is -4.02. The van der Waals surface area contributed by atoms with E-state index in [1.807, 2.05) is 11.6 Å². The number of carbonyl (C=O) groups excluding carboxylic acids is 1. The molecule has 0 unspecified atom stereocenters. The van der Waals surface area contributed by atoms with Gasteiger partial charge >= 0.3 is 10.2 Å². The zero-order valence-corrected chi connectivity index (χ0v) is 17.3. The summed E-state index contributed by atoms with van der Waals surface area (Å²) in [6, 6.07) is 2.17. The molecule has 0 radical (unpaired) electrons.